The SMILES string of the molecule is CCOc1cccc(CNC(C)C)c1O. The van der Waals surface area contributed by atoms with Crippen LogP contribution in [0.3, 0.4) is 0 Å². The summed E-state index contributed by atoms with van der Waals surface area (Å²) in [4.78, 5) is 0. The first-order valence-corrected chi connectivity index (χ1v) is 5.32. The third-order valence-electron chi connectivity index (χ3n) is 2.08. The first-order chi connectivity index (χ1) is 7.15. The molecule has 0 heterocycles. The van der Waals surface area contributed by atoms with Gasteiger partial charge in [0.15, 0.2) is 11.5 Å². The van der Waals surface area contributed by atoms with Gasteiger partial charge in [-0.3, -0.25) is 0 Å². The van der Waals surface area contributed by atoms with Gasteiger partial charge in [-0.05, 0) is 13.0 Å². The molecule has 1 aromatic carbocycles. The van der Waals surface area contributed by atoms with Crippen LogP contribution in [0, 0.1) is 0 Å². The Balaban J connectivity index is 2.75. The van der Waals surface area contributed by atoms with Crippen molar-refractivity contribution in [3.63, 3.8) is 0 Å². The fourth-order valence-electron chi connectivity index (χ4n) is 1.30. The zero-order chi connectivity index (χ0) is 11.3. The molecule has 0 saturated carbocycles. The number of phenolic OH excluding ortho intramolecular Hbond substituents is 1. The van der Waals surface area contributed by atoms with Crippen molar-refractivity contribution >= 4 is 0 Å². The number of rotatable bonds is 5. The Hall–Kier alpha value is -1.22. The lowest BCUT2D eigenvalue weighted by Gasteiger charge is -2.12. The summed E-state index contributed by atoms with van der Waals surface area (Å²) in [5, 5.41) is 13.1. The summed E-state index contributed by atoms with van der Waals surface area (Å²) in [6.45, 7) is 7.27. The minimum atomic E-state index is 0.243. The van der Waals surface area contributed by atoms with Gasteiger partial charge in [0.1, 0.15) is 0 Å². The van der Waals surface area contributed by atoms with Crippen molar-refractivity contribution in [2.24, 2.45) is 0 Å². The molecule has 1 aromatic rings. The van der Waals surface area contributed by atoms with E-state index in [4.69, 9.17) is 4.74 Å². The van der Waals surface area contributed by atoms with Crippen LogP contribution in [0.5, 0.6) is 11.5 Å². The molecule has 0 saturated heterocycles. The molecular formula is C12H19NO2. The van der Waals surface area contributed by atoms with E-state index in [1.807, 2.05) is 19.1 Å². The third-order valence-corrected chi connectivity index (χ3v) is 2.08. The Morgan fingerprint density at radius 1 is 1.40 bits per heavy atom. The monoisotopic (exact) mass is 209 g/mol. The van der Waals surface area contributed by atoms with Gasteiger partial charge >= 0.3 is 0 Å². The Labute approximate surface area is 91.1 Å². The molecular weight excluding hydrogens is 190 g/mol. The topological polar surface area (TPSA) is 41.5 Å². The Bertz CT molecular complexity index is 310. The Morgan fingerprint density at radius 2 is 2.13 bits per heavy atom. The van der Waals surface area contributed by atoms with Crippen LogP contribution in [0.2, 0.25) is 0 Å². The molecule has 3 nitrogen and oxygen atoms in total. The minimum absolute atomic E-state index is 0.243. The van der Waals surface area contributed by atoms with Gasteiger partial charge in [0.2, 0.25) is 0 Å². The van der Waals surface area contributed by atoms with Crippen LogP contribution in [0.1, 0.15) is 26.3 Å². The molecule has 2 N–H and O–H groups in total. The second-order valence-electron chi connectivity index (χ2n) is 3.73. The van der Waals surface area contributed by atoms with Crippen molar-refractivity contribution in [3.05, 3.63) is 23.8 Å². The average Bonchev–Trinajstić information content (AvgIpc) is 2.19. The summed E-state index contributed by atoms with van der Waals surface area (Å²) >= 11 is 0. The molecule has 0 aliphatic carbocycles. The second-order valence-corrected chi connectivity index (χ2v) is 3.73. The molecule has 0 aliphatic rings. The van der Waals surface area contributed by atoms with Gasteiger partial charge in [0.25, 0.3) is 0 Å². The van der Waals surface area contributed by atoms with E-state index in [1.165, 1.54) is 0 Å². The van der Waals surface area contributed by atoms with E-state index >= 15 is 0 Å². The number of para-hydroxylation sites is 1. The molecule has 0 atom stereocenters. The third kappa shape index (κ3) is 3.44. The summed E-state index contributed by atoms with van der Waals surface area (Å²) in [7, 11) is 0. The molecule has 3 heteroatoms. The zero-order valence-electron chi connectivity index (χ0n) is 9.58. The van der Waals surface area contributed by atoms with Gasteiger partial charge in [-0.2, -0.15) is 0 Å². The predicted octanol–water partition coefficient (Wildman–Crippen LogP) is 2.29. The van der Waals surface area contributed by atoms with Crippen molar-refractivity contribution in [1.29, 1.82) is 0 Å². The van der Waals surface area contributed by atoms with Crippen LogP contribution in [-0.4, -0.2) is 17.8 Å². The van der Waals surface area contributed by atoms with E-state index in [9.17, 15) is 5.11 Å². The summed E-state index contributed by atoms with van der Waals surface area (Å²) in [6, 6.07) is 5.97. The standard InChI is InChI=1S/C12H19NO2/c1-4-15-11-7-5-6-10(12(11)14)8-13-9(2)3/h5-7,9,13-14H,4,8H2,1-3H3. The van der Waals surface area contributed by atoms with Crippen LogP contribution in [0.4, 0.5) is 0 Å². The van der Waals surface area contributed by atoms with E-state index in [1.54, 1.807) is 6.07 Å². The van der Waals surface area contributed by atoms with E-state index in [2.05, 4.69) is 19.2 Å². The Kier molecular flexibility index (Phi) is 4.43. The van der Waals surface area contributed by atoms with Crippen LogP contribution in [0.25, 0.3) is 0 Å². The van der Waals surface area contributed by atoms with Gasteiger partial charge < -0.3 is 15.2 Å². The Morgan fingerprint density at radius 3 is 2.73 bits per heavy atom. The first kappa shape index (κ1) is 11.9. The van der Waals surface area contributed by atoms with Crippen molar-refractivity contribution < 1.29 is 9.84 Å². The summed E-state index contributed by atoms with van der Waals surface area (Å²) < 4.78 is 5.31. The number of hydrogen-bond donors (Lipinski definition) is 2. The number of hydrogen-bond acceptors (Lipinski definition) is 3. The molecule has 0 aromatic heterocycles. The van der Waals surface area contributed by atoms with E-state index in [0.29, 0.717) is 24.9 Å². The van der Waals surface area contributed by atoms with Crippen molar-refractivity contribution in [3.8, 4) is 11.5 Å². The molecule has 0 unspecified atom stereocenters. The maximum atomic E-state index is 9.87. The van der Waals surface area contributed by atoms with Crippen LogP contribution in [0.15, 0.2) is 18.2 Å². The van der Waals surface area contributed by atoms with Crippen molar-refractivity contribution in [2.45, 2.75) is 33.4 Å². The second kappa shape index (κ2) is 5.61. The number of nitrogens with one attached hydrogen (secondary N) is 1. The zero-order valence-corrected chi connectivity index (χ0v) is 9.58. The van der Waals surface area contributed by atoms with Crippen molar-refractivity contribution in [1.82, 2.24) is 5.32 Å². The molecule has 1 rings (SSSR count). The van der Waals surface area contributed by atoms with Crippen LogP contribution >= 0.6 is 0 Å². The lowest BCUT2D eigenvalue weighted by atomic mass is 10.2. The van der Waals surface area contributed by atoms with Gasteiger partial charge in [-0.1, -0.05) is 26.0 Å². The molecule has 0 spiro atoms. The molecule has 0 radical (unpaired) electrons. The van der Waals surface area contributed by atoms with Crippen molar-refractivity contribution in [2.75, 3.05) is 6.61 Å². The summed E-state index contributed by atoms with van der Waals surface area (Å²) in [6.07, 6.45) is 0. The highest BCUT2D eigenvalue weighted by atomic mass is 16.5. The van der Waals surface area contributed by atoms with Gasteiger partial charge in [-0.25, -0.2) is 0 Å². The quantitative estimate of drug-likeness (QED) is 0.781. The fraction of sp³-hybridized carbons (Fsp3) is 0.500. The fourth-order valence-corrected chi connectivity index (χ4v) is 1.30. The largest absolute Gasteiger partial charge is 0.504 e. The highest BCUT2D eigenvalue weighted by molar-refractivity contribution is 5.45. The lowest BCUT2D eigenvalue weighted by molar-refractivity contribution is 0.316. The maximum Gasteiger partial charge on any atom is 0.162 e. The van der Waals surface area contributed by atoms with Gasteiger partial charge in [0.05, 0.1) is 6.61 Å². The predicted molar refractivity (Wildman–Crippen MR) is 61.3 cm³/mol. The normalized spacial score (nSPS) is 10.7. The first-order valence-electron chi connectivity index (χ1n) is 5.32. The smallest absolute Gasteiger partial charge is 0.162 e. The molecule has 15 heavy (non-hydrogen) atoms. The van der Waals surface area contributed by atoms with Gasteiger partial charge in [0, 0.05) is 18.2 Å². The molecule has 0 amide bonds. The molecule has 0 fully saturated rings. The molecule has 0 aliphatic heterocycles. The van der Waals surface area contributed by atoms with Gasteiger partial charge in [-0.15, -0.1) is 0 Å². The minimum Gasteiger partial charge on any atom is -0.504 e. The lowest BCUT2D eigenvalue weighted by Crippen LogP contribution is -2.21. The molecule has 0 bridgehead atoms. The number of phenols is 1. The highest BCUT2D eigenvalue weighted by Crippen LogP contribution is 2.29. The molecule has 84 valence electrons. The van der Waals surface area contributed by atoms with Crippen LogP contribution in [-0.2, 0) is 6.54 Å². The highest BCUT2D eigenvalue weighted by Gasteiger charge is 2.07. The van der Waals surface area contributed by atoms with E-state index in [0.717, 1.165) is 5.56 Å². The van der Waals surface area contributed by atoms with Crippen LogP contribution < -0.4 is 10.1 Å². The maximum absolute atomic E-state index is 9.87. The average molecular weight is 209 g/mol. The number of benzene rings is 1. The van der Waals surface area contributed by atoms with E-state index in [-0.39, 0.29) is 5.75 Å². The van der Waals surface area contributed by atoms with E-state index < -0.39 is 0 Å². The number of ether oxygens (including phenoxy) is 1. The number of aromatic hydroxyl groups is 1. The summed E-state index contributed by atoms with van der Waals surface area (Å²) in [5.41, 5.74) is 0.870. The summed E-state index contributed by atoms with van der Waals surface area (Å²) in [5.74, 6) is 0.799.